The summed E-state index contributed by atoms with van der Waals surface area (Å²) in [6.45, 7) is 4.04. The molecule has 31 heavy (non-hydrogen) atoms. The third-order valence-corrected chi connectivity index (χ3v) is 6.43. The standard InChI is InChI=1S/C24H22N2O4S/c1-3-12-26-19(16-10-7-11-17(27)13-16)18(21(29)24(26)30)20(28)22-14(2)25-23(31-22)15-8-5-4-6-9-15/h4-11,13,19,27,29H,3,12H2,1-2H3. The Morgan fingerprint density at radius 1 is 1.13 bits per heavy atom. The lowest BCUT2D eigenvalue weighted by atomic mass is 9.95. The predicted molar refractivity (Wildman–Crippen MR) is 119 cm³/mol. The molecular weight excluding hydrogens is 412 g/mol. The minimum absolute atomic E-state index is 0.0235. The summed E-state index contributed by atoms with van der Waals surface area (Å²) in [4.78, 5) is 32.8. The van der Waals surface area contributed by atoms with E-state index in [1.165, 1.54) is 28.4 Å². The van der Waals surface area contributed by atoms with Gasteiger partial charge in [0.1, 0.15) is 10.8 Å². The van der Waals surface area contributed by atoms with Gasteiger partial charge in [-0.05, 0) is 31.0 Å². The van der Waals surface area contributed by atoms with Crippen LogP contribution in [0.2, 0.25) is 0 Å². The average molecular weight is 435 g/mol. The summed E-state index contributed by atoms with van der Waals surface area (Å²) in [7, 11) is 0. The third-order valence-electron chi connectivity index (χ3n) is 5.22. The molecule has 2 heterocycles. The number of hydrogen-bond acceptors (Lipinski definition) is 6. The fourth-order valence-electron chi connectivity index (χ4n) is 3.83. The summed E-state index contributed by atoms with van der Waals surface area (Å²) >= 11 is 1.24. The number of thiazole rings is 1. The quantitative estimate of drug-likeness (QED) is 0.543. The highest BCUT2D eigenvalue weighted by Gasteiger charge is 2.44. The van der Waals surface area contributed by atoms with E-state index in [4.69, 9.17) is 0 Å². The van der Waals surface area contributed by atoms with Crippen molar-refractivity contribution in [1.29, 1.82) is 0 Å². The highest BCUT2D eigenvalue weighted by Crippen LogP contribution is 2.41. The number of carbonyl (C=O) groups excluding carboxylic acids is 2. The summed E-state index contributed by atoms with van der Waals surface area (Å²) in [5.74, 6) is -1.51. The predicted octanol–water partition coefficient (Wildman–Crippen LogP) is 4.81. The minimum Gasteiger partial charge on any atom is -0.508 e. The molecule has 1 amide bonds. The average Bonchev–Trinajstić information content (AvgIpc) is 3.27. The summed E-state index contributed by atoms with van der Waals surface area (Å²) < 4.78 is 0. The second-order valence-electron chi connectivity index (χ2n) is 7.39. The van der Waals surface area contributed by atoms with Crippen LogP contribution in [0.5, 0.6) is 5.75 Å². The number of hydrogen-bond donors (Lipinski definition) is 2. The van der Waals surface area contributed by atoms with Crippen LogP contribution >= 0.6 is 11.3 Å². The molecule has 0 saturated heterocycles. The van der Waals surface area contributed by atoms with E-state index in [0.29, 0.717) is 34.1 Å². The van der Waals surface area contributed by atoms with E-state index >= 15 is 0 Å². The van der Waals surface area contributed by atoms with Crippen molar-refractivity contribution in [3.8, 4) is 16.3 Å². The number of carbonyl (C=O) groups is 2. The number of benzene rings is 2. The lowest BCUT2D eigenvalue weighted by Gasteiger charge is -2.26. The number of ketones is 1. The second-order valence-corrected chi connectivity index (χ2v) is 8.39. The van der Waals surface area contributed by atoms with Crippen LogP contribution < -0.4 is 0 Å². The molecule has 4 rings (SSSR count). The Morgan fingerprint density at radius 2 is 1.87 bits per heavy atom. The molecular formula is C24H22N2O4S. The van der Waals surface area contributed by atoms with Crippen LogP contribution in [-0.2, 0) is 4.79 Å². The number of aromatic nitrogens is 1. The van der Waals surface area contributed by atoms with Crippen molar-refractivity contribution in [3.63, 3.8) is 0 Å². The van der Waals surface area contributed by atoms with E-state index in [-0.39, 0.29) is 11.3 Å². The molecule has 1 atom stereocenters. The van der Waals surface area contributed by atoms with Gasteiger partial charge in [-0.3, -0.25) is 9.59 Å². The summed E-state index contributed by atoms with van der Waals surface area (Å²) in [6.07, 6.45) is 0.660. The normalized spacial score (nSPS) is 16.3. The fourth-order valence-corrected chi connectivity index (χ4v) is 4.86. The molecule has 1 aliphatic rings. The molecule has 0 bridgehead atoms. The third kappa shape index (κ3) is 3.72. The molecule has 1 unspecified atom stereocenters. The van der Waals surface area contributed by atoms with Crippen molar-refractivity contribution in [2.75, 3.05) is 6.54 Å². The van der Waals surface area contributed by atoms with Gasteiger partial charge in [0.15, 0.2) is 5.76 Å². The summed E-state index contributed by atoms with van der Waals surface area (Å²) in [5.41, 5.74) is 2.03. The summed E-state index contributed by atoms with van der Waals surface area (Å²) in [5, 5.41) is 21.4. The van der Waals surface area contributed by atoms with Crippen molar-refractivity contribution in [3.05, 3.63) is 82.1 Å². The maximum atomic E-state index is 13.6. The largest absolute Gasteiger partial charge is 0.508 e. The van der Waals surface area contributed by atoms with Crippen LogP contribution in [-0.4, -0.2) is 38.3 Å². The number of rotatable bonds is 6. The Morgan fingerprint density at radius 3 is 2.55 bits per heavy atom. The minimum atomic E-state index is -0.770. The van der Waals surface area contributed by atoms with E-state index < -0.39 is 23.5 Å². The number of amides is 1. The van der Waals surface area contributed by atoms with Crippen molar-refractivity contribution in [2.24, 2.45) is 0 Å². The van der Waals surface area contributed by atoms with E-state index in [2.05, 4.69) is 4.98 Å². The van der Waals surface area contributed by atoms with Crippen molar-refractivity contribution >= 4 is 23.0 Å². The number of phenolic OH excluding ortho intramolecular Hbond substituents is 1. The van der Waals surface area contributed by atoms with Crippen molar-refractivity contribution in [2.45, 2.75) is 26.3 Å². The SMILES string of the molecule is CCCN1C(=O)C(O)=C(C(=O)c2sc(-c3ccccc3)nc2C)C1c1cccc(O)c1. The zero-order chi connectivity index (χ0) is 22.1. The van der Waals surface area contributed by atoms with Crippen LogP contribution in [0.25, 0.3) is 10.6 Å². The van der Waals surface area contributed by atoms with Gasteiger partial charge >= 0.3 is 0 Å². The number of phenols is 1. The molecule has 158 valence electrons. The Hall–Kier alpha value is -3.45. The number of nitrogens with zero attached hydrogens (tertiary/aromatic N) is 2. The number of Topliss-reactive ketones (excluding diaryl/α,β-unsaturated/α-hetero) is 1. The lowest BCUT2D eigenvalue weighted by molar-refractivity contribution is -0.129. The van der Waals surface area contributed by atoms with E-state index in [1.807, 2.05) is 37.3 Å². The van der Waals surface area contributed by atoms with Gasteiger partial charge in [-0.15, -0.1) is 11.3 Å². The van der Waals surface area contributed by atoms with Crippen molar-refractivity contribution < 1.29 is 19.8 Å². The number of aromatic hydroxyl groups is 1. The monoisotopic (exact) mass is 434 g/mol. The van der Waals surface area contributed by atoms with Crippen LogP contribution in [0.15, 0.2) is 65.9 Å². The number of aliphatic hydroxyl groups excluding tert-OH is 1. The van der Waals surface area contributed by atoms with Crippen LogP contribution in [0.4, 0.5) is 0 Å². The number of aryl methyl sites for hydroxylation is 1. The van der Waals surface area contributed by atoms with Gasteiger partial charge in [-0.1, -0.05) is 49.4 Å². The zero-order valence-corrected chi connectivity index (χ0v) is 18.0. The molecule has 6 nitrogen and oxygen atoms in total. The zero-order valence-electron chi connectivity index (χ0n) is 17.2. The first-order chi connectivity index (χ1) is 14.9. The second kappa shape index (κ2) is 8.35. The van der Waals surface area contributed by atoms with E-state index in [1.54, 1.807) is 19.1 Å². The Balaban J connectivity index is 1.80. The maximum absolute atomic E-state index is 13.6. The highest BCUT2D eigenvalue weighted by molar-refractivity contribution is 7.17. The molecule has 0 radical (unpaired) electrons. The van der Waals surface area contributed by atoms with Gasteiger partial charge in [0.05, 0.1) is 22.2 Å². The van der Waals surface area contributed by atoms with Gasteiger partial charge < -0.3 is 15.1 Å². The Labute approximate surface area is 184 Å². The first-order valence-electron chi connectivity index (χ1n) is 10.0. The highest BCUT2D eigenvalue weighted by atomic mass is 32.1. The van der Waals surface area contributed by atoms with Gasteiger partial charge in [-0.2, -0.15) is 0 Å². The van der Waals surface area contributed by atoms with Crippen LogP contribution in [0.1, 0.15) is 40.3 Å². The molecule has 7 heteroatoms. The Bertz CT molecular complexity index is 1180. The molecule has 2 aromatic carbocycles. The number of aliphatic hydroxyl groups is 1. The maximum Gasteiger partial charge on any atom is 0.290 e. The van der Waals surface area contributed by atoms with Gasteiger partial charge in [0.2, 0.25) is 5.78 Å². The molecule has 2 N–H and O–H groups in total. The molecule has 0 fully saturated rings. The molecule has 0 saturated carbocycles. The lowest BCUT2D eigenvalue weighted by Crippen LogP contribution is -2.31. The fraction of sp³-hybridized carbons (Fsp3) is 0.208. The van der Waals surface area contributed by atoms with Crippen molar-refractivity contribution in [1.82, 2.24) is 9.88 Å². The van der Waals surface area contributed by atoms with E-state index in [0.717, 1.165) is 5.56 Å². The first-order valence-corrected chi connectivity index (χ1v) is 10.8. The summed E-state index contributed by atoms with van der Waals surface area (Å²) in [6, 6.07) is 15.2. The Kier molecular flexibility index (Phi) is 5.61. The molecule has 0 aliphatic carbocycles. The smallest absolute Gasteiger partial charge is 0.290 e. The molecule has 1 aliphatic heterocycles. The molecule has 3 aromatic rings. The van der Waals surface area contributed by atoms with Crippen LogP contribution in [0, 0.1) is 6.92 Å². The van der Waals surface area contributed by atoms with Crippen LogP contribution in [0.3, 0.4) is 0 Å². The van der Waals surface area contributed by atoms with Gasteiger partial charge in [0, 0.05) is 12.1 Å². The van der Waals surface area contributed by atoms with Gasteiger partial charge in [-0.25, -0.2) is 4.98 Å². The van der Waals surface area contributed by atoms with E-state index in [9.17, 15) is 19.8 Å². The molecule has 0 spiro atoms. The first kappa shape index (κ1) is 20.8. The van der Waals surface area contributed by atoms with Gasteiger partial charge in [0.25, 0.3) is 5.91 Å². The molecule has 1 aromatic heterocycles. The topological polar surface area (TPSA) is 90.7 Å².